The van der Waals surface area contributed by atoms with Gasteiger partial charge in [0, 0.05) is 19.2 Å². The van der Waals surface area contributed by atoms with Gasteiger partial charge in [-0.3, -0.25) is 4.90 Å². The zero-order valence-electron chi connectivity index (χ0n) is 11.3. The van der Waals surface area contributed by atoms with Crippen LogP contribution < -0.4 is 5.32 Å². The lowest BCUT2D eigenvalue weighted by Crippen LogP contribution is -2.45. The summed E-state index contributed by atoms with van der Waals surface area (Å²) < 4.78 is 5.93. The second kappa shape index (κ2) is 7.34. The second-order valence-electron chi connectivity index (χ2n) is 5.46. The Bertz CT molecular complexity index is 202. The van der Waals surface area contributed by atoms with Gasteiger partial charge in [-0.15, -0.1) is 0 Å². The first-order valence-electron chi connectivity index (χ1n) is 7.46. The molecule has 0 aromatic carbocycles. The minimum absolute atomic E-state index is 0.500. The molecule has 2 fully saturated rings. The molecule has 0 amide bonds. The van der Waals surface area contributed by atoms with Crippen LogP contribution >= 0.6 is 0 Å². The Morgan fingerprint density at radius 1 is 1.18 bits per heavy atom. The standard InChI is InChI=1S/C14H28N2O/c1-2-11-17-14-6-4-10-16(12-14)13-5-3-8-15-9-7-13/h13-15H,2-12H2,1H3. The number of piperidine rings is 1. The van der Waals surface area contributed by atoms with Crippen LogP contribution in [0.2, 0.25) is 0 Å². The molecule has 2 unspecified atom stereocenters. The van der Waals surface area contributed by atoms with Gasteiger partial charge in [0.25, 0.3) is 0 Å². The third-order valence-electron chi connectivity index (χ3n) is 4.03. The predicted octanol–water partition coefficient (Wildman–Crippen LogP) is 2.02. The van der Waals surface area contributed by atoms with E-state index in [1.165, 1.54) is 58.3 Å². The Labute approximate surface area is 106 Å². The van der Waals surface area contributed by atoms with Crippen LogP contribution in [0.25, 0.3) is 0 Å². The molecule has 0 radical (unpaired) electrons. The van der Waals surface area contributed by atoms with Crippen molar-refractivity contribution in [3.8, 4) is 0 Å². The molecule has 0 aromatic heterocycles. The molecule has 1 N–H and O–H groups in total. The molecule has 0 spiro atoms. The maximum Gasteiger partial charge on any atom is 0.0702 e. The minimum atomic E-state index is 0.500. The summed E-state index contributed by atoms with van der Waals surface area (Å²) in [7, 11) is 0. The molecule has 2 aliphatic rings. The zero-order valence-corrected chi connectivity index (χ0v) is 11.3. The normalized spacial score (nSPS) is 32.3. The minimum Gasteiger partial charge on any atom is -0.377 e. The van der Waals surface area contributed by atoms with E-state index in [-0.39, 0.29) is 0 Å². The van der Waals surface area contributed by atoms with Crippen molar-refractivity contribution >= 4 is 0 Å². The molecule has 17 heavy (non-hydrogen) atoms. The summed E-state index contributed by atoms with van der Waals surface area (Å²) >= 11 is 0. The van der Waals surface area contributed by atoms with Crippen LogP contribution in [0.1, 0.15) is 45.4 Å². The van der Waals surface area contributed by atoms with Gasteiger partial charge >= 0.3 is 0 Å². The van der Waals surface area contributed by atoms with Crippen molar-refractivity contribution in [2.45, 2.75) is 57.6 Å². The van der Waals surface area contributed by atoms with E-state index in [0.717, 1.165) is 19.1 Å². The van der Waals surface area contributed by atoms with Crippen molar-refractivity contribution in [3.63, 3.8) is 0 Å². The van der Waals surface area contributed by atoms with Gasteiger partial charge in [0.15, 0.2) is 0 Å². The fourth-order valence-electron chi connectivity index (χ4n) is 3.08. The Morgan fingerprint density at radius 3 is 3.00 bits per heavy atom. The van der Waals surface area contributed by atoms with Crippen LogP contribution in [-0.2, 0) is 4.74 Å². The highest BCUT2D eigenvalue weighted by Gasteiger charge is 2.26. The fraction of sp³-hybridized carbons (Fsp3) is 1.00. The summed E-state index contributed by atoms with van der Waals surface area (Å²) in [6.45, 7) is 7.99. The van der Waals surface area contributed by atoms with Crippen molar-refractivity contribution in [2.24, 2.45) is 0 Å². The summed E-state index contributed by atoms with van der Waals surface area (Å²) in [4.78, 5) is 2.69. The Morgan fingerprint density at radius 2 is 2.12 bits per heavy atom. The van der Waals surface area contributed by atoms with Gasteiger partial charge in [0.2, 0.25) is 0 Å². The number of ether oxygens (including phenoxy) is 1. The van der Waals surface area contributed by atoms with E-state index in [1.807, 2.05) is 0 Å². The molecule has 0 bridgehead atoms. The van der Waals surface area contributed by atoms with E-state index in [0.29, 0.717) is 6.10 Å². The quantitative estimate of drug-likeness (QED) is 0.813. The molecule has 3 heteroatoms. The molecule has 100 valence electrons. The predicted molar refractivity (Wildman–Crippen MR) is 71.3 cm³/mol. The van der Waals surface area contributed by atoms with E-state index >= 15 is 0 Å². The lowest BCUT2D eigenvalue weighted by Gasteiger charge is -2.37. The number of likely N-dealkylation sites (tertiary alicyclic amines) is 1. The highest BCUT2D eigenvalue weighted by atomic mass is 16.5. The van der Waals surface area contributed by atoms with Gasteiger partial charge in [-0.2, -0.15) is 0 Å². The first-order chi connectivity index (χ1) is 8.40. The molecule has 2 heterocycles. The Balaban J connectivity index is 1.78. The molecular formula is C14H28N2O. The van der Waals surface area contributed by atoms with Gasteiger partial charge in [0.1, 0.15) is 0 Å². The first-order valence-corrected chi connectivity index (χ1v) is 7.46. The SMILES string of the molecule is CCCOC1CCCN(C2CCCNCC2)C1. The number of rotatable bonds is 4. The van der Waals surface area contributed by atoms with Crippen molar-refractivity contribution in [1.82, 2.24) is 10.2 Å². The van der Waals surface area contributed by atoms with E-state index < -0.39 is 0 Å². The van der Waals surface area contributed by atoms with Crippen molar-refractivity contribution in [1.29, 1.82) is 0 Å². The number of nitrogens with one attached hydrogen (secondary N) is 1. The third kappa shape index (κ3) is 4.23. The summed E-state index contributed by atoms with van der Waals surface area (Å²) in [6.07, 6.45) is 8.25. The summed E-state index contributed by atoms with van der Waals surface area (Å²) in [5.74, 6) is 0. The van der Waals surface area contributed by atoms with Gasteiger partial charge < -0.3 is 10.1 Å². The monoisotopic (exact) mass is 240 g/mol. The van der Waals surface area contributed by atoms with E-state index in [4.69, 9.17) is 4.74 Å². The zero-order chi connectivity index (χ0) is 11.9. The Hall–Kier alpha value is -0.120. The van der Waals surface area contributed by atoms with Crippen LogP contribution in [0.15, 0.2) is 0 Å². The van der Waals surface area contributed by atoms with Crippen LogP contribution in [0.4, 0.5) is 0 Å². The van der Waals surface area contributed by atoms with Crippen LogP contribution in [-0.4, -0.2) is 49.8 Å². The summed E-state index contributed by atoms with van der Waals surface area (Å²) in [6, 6.07) is 0.804. The van der Waals surface area contributed by atoms with Gasteiger partial charge in [0.05, 0.1) is 6.10 Å². The van der Waals surface area contributed by atoms with Crippen LogP contribution in [0.3, 0.4) is 0 Å². The average Bonchev–Trinajstić information content (AvgIpc) is 2.65. The van der Waals surface area contributed by atoms with Gasteiger partial charge in [-0.05, 0) is 58.2 Å². The second-order valence-corrected chi connectivity index (χ2v) is 5.46. The molecule has 2 atom stereocenters. The van der Waals surface area contributed by atoms with E-state index in [2.05, 4.69) is 17.1 Å². The number of hydrogen-bond donors (Lipinski definition) is 1. The van der Waals surface area contributed by atoms with E-state index in [1.54, 1.807) is 0 Å². The highest BCUT2D eigenvalue weighted by molar-refractivity contribution is 4.81. The molecule has 2 saturated heterocycles. The number of hydrogen-bond acceptors (Lipinski definition) is 3. The maximum absolute atomic E-state index is 5.93. The number of nitrogens with zero attached hydrogens (tertiary/aromatic N) is 1. The van der Waals surface area contributed by atoms with Crippen molar-refractivity contribution < 1.29 is 4.74 Å². The average molecular weight is 240 g/mol. The fourth-order valence-corrected chi connectivity index (χ4v) is 3.08. The molecule has 3 nitrogen and oxygen atoms in total. The highest BCUT2D eigenvalue weighted by Crippen LogP contribution is 2.20. The Kier molecular flexibility index (Phi) is 5.75. The summed E-state index contributed by atoms with van der Waals surface area (Å²) in [5, 5.41) is 3.50. The molecule has 0 aliphatic carbocycles. The van der Waals surface area contributed by atoms with Gasteiger partial charge in [-0.25, -0.2) is 0 Å². The lowest BCUT2D eigenvalue weighted by molar-refractivity contribution is -0.0139. The molecule has 0 saturated carbocycles. The van der Waals surface area contributed by atoms with Gasteiger partial charge in [-0.1, -0.05) is 6.92 Å². The first kappa shape index (κ1) is 13.3. The van der Waals surface area contributed by atoms with Crippen LogP contribution in [0.5, 0.6) is 0 Å². The summed E-state index contributed by atoms with van der Waals surface area (Å²) in [5.41, 5.74) is 0. The van der Waals surface area contributed by atoms with E-state index in [9.17, 15) is 0 Å². The van der Waals surface area contributed by atoms with Crippen molar-refractivity contribution in [2.75, 3.05) is 32.8 Å². The molecular weight excluding hydrogens is 212 g/mol. The molecule has 0 aromatic rings. The lowest BCUT2D eigenvalue weighted by atomic mass is 10.0. The topological polar surface area (TPSA) is 24.5 Å². The van der Waals surface area contributed by atoms with Crippen molar-refractivity contribution in [3.05, 3.63) is 0 Å². The molecule has 2 rings (SSSR count). The third-order valence-corrected chi connectivity index (χ3v) is 4.03. The maximum atomic E-state index is 5.93. The largest absolute Gasteiger partial charge is 0.377 e. The van der Waals surface area contributed by atoms with Crippen LogP contribution in [0, 0.1) is 0 Å². The molecule has 2 aliphatic heterocycles. The smallest absolute Gasteiger partial charge is 0.0702 e.